The molecule has 0 saturated heterocycles. The molecule has 0 aliphatic carbocycles. The molecule has 0 atom stereocenters. The minimum absolute atomic E-state index is 0.286. The SMILES string of the molecule is COC(=O)C(C)(C)Sc1cc2nccn2cc1-c1ccc(C#N)cc1. The van der Waals surface area contributed by atoms with Crippen LogP contribution in [-0.4, -0.2) is 27.2 Å². The molecule has 3 aromatic rings. The van der Waals surface area contributed by atoms with Gasteiger partial charge in [0, 0.05) is 29.0 Å². The summed E-state index contributed by atoms with van der Waals surface area (Å²) in [7, 11) is 1.39. The minimum Gasteiger partial charge on any atom is -0.468 e. The highest BCUT2D eigenvalue weighted by atomic mass is 32.2. The lowest BCUT2D eigenvalue weighted by molar-refractivity contribution is -0.142. The number of ether oxygens (including phenoxy) is 1. The summed E-state index contributed by atoms with van der Waals surface area (Å²) in [5.74, 6) is -0.286. The first-order valence-electron chi connectivity index (χ1n) is 7.69. The molecule has 0 radical (unpaired) electrons. The molecule has 0 spiro atoms. The molecule has 0 bridgehead atoms. The number of methoxy groups -OCH3 is 1. The number of aromatic nitrogens is 2. The Bertz CT molecular complexity index is 968. The zero-order valence-electron chi connectivity index (χ0n) is 14.2. The van der Waals surface area contributed by atoms with E-state index >= 15 is 0 Å². The summed E-state index contributed by atoms with van der Waals surface area (Å²) in [5.41, 5.74) is 3.35. The highest BCUT2D eigenvalue weighted by Crippen LogP contribution is 2.40. The monoisotopic (exact) mass is 351 g/mol. The second-order valence-electron chi connectivity index (χ2n) is 6.04. The van der Waals surface area contributed by atoms with Gasteiger partial charge in [-0.1, -0.05) is 12.1 Å². The fourth-order valence-electron chi connectivity index (χ4n) is 2.53. The Morgan fingerprint density at radius 2 is 2.04 bits per heavy atom. The molecule has 126 valence electrons. The summed E-state index contributed by atoms with van der Waals surface area (Å²) in [6.07, 6.45) is 5.60. The normalized spacial score (nSPS) is 11.3. The summed E-state index contributed by atoms with van der Waals surface area (Å²) in [5, 5.41) is 8.99. The Morgan fingerprint density at radius 3 is 2.68 bits per heavy atom. The molecule has 0 aliphatic heterocycles. The third-order valence-electron chi connectivity index (χ3n) is 3.86. The summed E-state index contributed by atoms with van der Waals surface area (Å²) in [6.45, 7) is 3.67. The van der Waals surface area contributed by atoms with Crippen molar-refractivity contribution in [3.8, 4) is 17.2 Å². The van der Waals surface area contributed by atoms with Crippen LogP contribution in [0.25, 0.3) is 16.8 Å². The number of nitriles is 1. The van der Waals surface area contributed by atoms with Crippen molar-refractivity contribution in [3.05, 3.63) is 54.5 Å². The lowest BCUT2D eigenvalue weighted by atomic mass is 10.1. The van der Waals surface area contributed by atoms with Crippen LogP contribution in [0.15, 0.2) is 53.8 Å². The number of nitrogens with zero attached hydrogens (tertiary/aromatic N) is 3. The average molecular weight is 351 g/mol. The van der Waals surface area contributed by atoms with E-state index in [1.165, 1.54) is 18.9 Å². The second kappa shape index (κ2) is 6.61. The van der Waals surface area contributed by atoms with Crippen molar-refractivity contribution >= 4 is 23.4 Å². The van der Waals surface area contributed by atoms with Gasteiger partial charge in [-0.25, -0.2) is 4.98 Å². The maximum absolute atomic E-state index is 12.1. The van der Waals surface area contributed by atoms with E-state index in [1.807, 2.05) is 48.8 Å². The van der Waals surface area contributed by atoms with Gasteiger partial charge in [0.15, 0.2) is 0 Å². The van der Waals surface area contributed by atoms with Crippen LogP contribution in [0.1, 0.15) is 19.4 Å². The number of thioether (sulfide) groups is 1. The summed E-state index contributed by atoms with van der Waals surface area (Å²) in [4.78, 5) is 17.3. The molecule has 0 unspecified atom stereocenters. The Kier molecular flexibility index (Phi) is 4.51. The van der Waals surface area contributed by atoms with Gasteiger partial charge in [-0.2, -0.15) is 5.26 Å². The van der Waals surface area contributed by atoms with E-state index in [-0.39, 0.29) is 5.97 Å². The molecule has 3 rings (SSSR count). The minimum atomic E-state index is -0.735. The van der Waals surface area contributed by atoms with Gasteiger partial charge < -0.3 is 9.14 Å². The first-order valence-corrected chi connectivity index (χ1v) is 8.51. The van der Waals surface area contributed by atoms with Gasteiger partial charge in [0.05, 0.1) is 18.7 Å². The lowest BCUT2D eigenvalue weighted by Crippen LogP contribution is -2.29. The largest absolute Gasteiger partial charge is 0.468 e. The number of rotatable bonds is 4. The number of carbonyl (C=O) groups excluding carboxylic acids is 1. The lowest BCUT2D eigenvalue weighted by Gasteiger charge is -2.22. The van der Waals surface area contributed by atoms with Crippen LogP contribution in [0.4, 0.5) is 0 Å². The predicted molar refractivity (Wildman–Crippen MR) is 97.3 cm³/mol. The number of benzene rings is 1. The summed E-state index contributed by atoms with van der Waals surface area (Å²) in [6, 6.07) is 11.5. The van der Waals surface area contributed by atoms with Crippen molar-refractivity contribution in [3.63, 3.8) is 0 Å². The number of carbonyl (C=O) groups is 1. The van der Waals surface area contributed by atoms with E-state index in [9.17, 15) is 4.79 Å². The number of fused-ring (bicyclic) bond motifs is 1. The van der Waals surface area contributed by atoms with Crippen molar-refractivity contribution in [1.82, 2.24) is 9.38 Å². The van der Waals surface area contributed by atoms with E-state index in [2.05, 4.69) is 11.1 Å². The second-order valence-corrected chi connectivity index (χ2v) is 7.70. The molecule has 2 aromatic heterocycles. The van der Waals surface area contributed by atoms with Gasteiger partial charge in [0.25, 0.3) is 0 Å². The Morgan fingerprint density at radius 1 is 1.32 bits per heavy atom. The Labute approximate surface area is 150 Å². The number of imidazole rings is 1. The smallest absolute Gasteiger partial charge is 0.321 e. The van der Waals surface area contributed by atoms with Gasteiger partial charge >= 0.3 is 5.97 Å². The fraction of sp³-hybridized carbons (Fsp3) is 0.211. The van der Waals surface area contributed by atoms with Crippen molar-refractivity contribution < 1.29 is 9.53 Å². The van der Waals surface area contributed by atoms with Crippen molar-refractivity contribution in [1.29, 1.82) is 5.26 Å². The molecular formula is C19H17N3O2S. The summed E-state index contributed by atoms with van der Waals surface area (Å²) < 4.78 is 6.12. The number of hydrogen-bond acceptors (Lipinski definition) is 5. The van der Waals surface area contributed by atoms with Crippen LogP contribution in [0.3, 0.4) is 0 Å². The number of esters is 1. The molecule has 25 heavy (non-hydrogen) atoms. The fourth-order valence-corrected chi connectivity index (χ4v) is 3.69. The van der Waals surface area contributed by atoms with Crippen LogP contribution in [0, 0.1) is 11.3 Å². The topological polar surface area (TPSA) is 67.4 Å². The molecule has 5 nitrogen and oxygen atoms in total. The van der Waals surface area contributed by atoms with E-state index in [4.69, 9.17) is 10.00 Å². The van der Waals surface area contributed by atoms with E-state index < -0.39 is 4.75 Å². The first-order chi connectivity index (χ1) is 11.9. The Balaban J connectivity index is 2.12. The molecule has 0 fully saturated rings. The summed E-state index contributed by atoms with van der Waals surface area (Å²) >= 11 is 1.44. The highest BCUT2D eigenvalue weighted by Gasteiger charge is 2.31. The van der Waals surface area contributed by atoms with Crippen LogP contribution < -0.4 is 0 Å². The third kappa shape index (κ3) is 3.37. The highest BCUT2D eigenvalue weighted by molar-refractivity contribution is 8.01. The number of pyridine rings is 1. The zero-order valence-corrected chi connectivity index (χ0v) is 15.0. The molecule has 6 heteroatoms. The molecule has 0 saturated carbocycles. The van der Waals surface area contributed by atoms with Gasteiger partial charge in [0.2, 0.25) is 0 Å². The molecule has 0 amide bonds. The van der Waals surface area contributed by atoms with Crippen LogP contribution >= 0.6 is 11.8 Å². The third-order valence-corrected chi connectivity index (χ3v) is 5.09. The predicted octanol–water partition coefficient (Wildman–Crippen LogP) is 3.92. The molecule has 1 aromatic carbocycles. The van der Waals surface area contributed by atoms with E-state index in [1.54, 1.807) is 18.3 Å². The van der Waals surface area contributed by atoms with Crippen LogP contribution in [-0.2, 0) is 9.53 Å². The quantitative estimate of drug-likeness (QED) is 0.526. The van der Waals surface area contributed by atoms with Crippen molar-refractivity contribution in [2.75, 3.05) is 7.11 Å². The number of hydrogen-bond donors (Lipinski definition) is 0. The van der Waals surface area contributed by atoms with Crippen LogP contribution in [0.5, 0.6) is 0 Å². The average Bonchev–Trinajstić information content (AvgIpc) is 3.07. The van der Waals surface area contributed by atoms with Crippen molar-refractivity contribution in [2.45, 2.75) is 23.5 Å². The molecular weight excluding hydrogens is 334 g/mol. The first kappa shape index (κ1) is 17.1. The zero-order chi connectivity index (χ0) is 18.0. The van der Waals surface area contributed by atoms with Gasteiger partial charge in [-0.3, -0.25) is 4.79 Å². The maximum Gasteiger partial charge on any atom is 0.321 e. The molecule has 0 aliphatic rings. The van der Waals surface area contributed by atoms with Gasteiger partial charge in [-0.15, -0.1) is 11.8 Å². The van der Waals surface area contributed by atoms with Gasteiger partial charge in [0.1, 0.15) is 10.4 Å². The van der Waals surface area contributed by atoms with Crippen LogP contribution in [0.2, 0.25) is 0 Å². The van der Waals surface area contributed by atoms with E-state index in [0.717, 1.165) is 21.7 Å². The standard InChI is InChI=1S/C19H17N3O2S/c1-19(2,18(23)24-3)25-16-10-17-21-8-9-22(17)12-15(16)14-6-4-13(11-20)5-7-14/h4-10,12H,1-3H3. The van der Waals surface area contributed by atoms with Gasteiger partial charge in [-0.05, 0) is 37.6 Å². The maximum atomic E-state index is 12.1. The molecule has 0 N–H and O–H groups in total. The Hall–Kier alpha value is -2.78. The van der Waals surface area contributed by atoms with E-state index in [0.29, 0.717) is 5.56 Å². The van der Waals surface area contributed by atoms with Crippen molar-refractivity contribution in [2.24, 2.45) is 0 Å². The molecule has 2 heterocycles.